The molecule has 1 atom stereocenters. The van der Waals surface area contributed by atoms with Crippen LogP contribution < -0.4 is 9.47 Å². The fraction of sp³-hybridized carbons (Fsp3) is 0.333. The van der Waals surface area contributed by atoms with E-state index >= 15 is 0 Å². The highest BCUT2D eigenvalue weighted by molar-refractivity contribution is 7.08. The minimum atomic E-state index is -0.288. The lowest BCUT2D eigenvalue weighted by Crippen LogP contribution is -2.01. The van der Waals surface area contributed by atoms with Gasteiger partial charge in [-0.25, -0.2) is 0 Å². The summed E-state index contributed by atoms with van der Waals surface area (Å²) in [6.45, 7) is 4.98. The summed E-state index contributed by atoms with van der Waals surface area (Å²) in [5.41, 5.74) is 1.86. The minimum Gasteiger partial charge on any atom is -0.490 e. The third-order valence-corrected chi connectivity index (χ3v) is 4.29. The molecule has 0 aliphatic heterocycles. The molecule has 1 aromatic carbocycles. The summed E-state index contributed by atoms with van der Waals surface area (Å²) in [6.07, 6.45) is 0. The third-order valence-electron chi connectivity index (χ3n) is 2.77. The first-order valence-electron chi connectivity index (χ1n) is 6.42. The Hall–Kier alpha value is -0.900. The van der Waals surface area contributed by atoms with E-state index in [0.717, 1.165) is 11.1 Å². The van der Waals surface area contributed by atoms with Gasteiger partial charge in [-0.15, -0.1) is 11.6 Å². The van der Waals surface area contributed by atoms with Gasteiger partial charge in [-0.2, -0.15) is 11.3 Å². The van der Waals surface area contributed by atoms with E-state index in [4.69, 9.17) is 32.7 Å². The zero-order valence-electron chi connectivity index (χ0n) is 11.4. The van der Waals surface area contributed by atoms with Gasteiger partial charge in [0.1, 0.15) is 0 Å². The number of halogens is 2. The minimum absolute atomic E-state index is 0.288. The Bertz CT molecular complexity index is 555. The van der Waals surface area contributed by atoms with Gasteiger partial charge in [0, 0.05) is 11.1 Å². The average Bonchev–Trinajstić information content (AvgIpc) is 2.95. The van der Waals surface area contributed by atoms with Crippen LogP contribution in [-0.4, -0.2) is 13.2 Å². The maximum atomic E-state index is 6.51. The molecule has 0 amide bonds. The van der Waals surface area contributed by atoms with Crippen LogP contribution in [0.25, 0.3) is 0 Å². The maximum Gasteiger partial charge on any atom is 0.162 e. The maximum absolute atomic E-state index is 6.51. The monoisotopic (exact) mass is 330 g/mol. The van der Waals surface area contributed by atoms with Gasteiger partial charge in [-0.05, 0) is 47.9 Å². The van der Waals surface area contributed by atoms with Crippen LogP contribution in [-0.2, 0) is 0 Å². The van der Waals surface area contributed by atoms with Gasteiger partial charge >= 0.3 is 0 Å². The SMILES string of the molecule is CCOc1cc(Cl)c(C(Cl)c2ccsc2)cc1OCC. The van der Waals surface area contributed by atoms with Crippen molar-refractivity contribution in [3.8, 4) is 11.5 Å². The van der Waals surface area contributed by atoms with Crippen LogP contribution in [0.15, 0.2) is 29.0 Å². The molecule has 1 aromatic heterocycles. The van der Waals surface area contributed by atoms with Gasteiger partial charge in [-0.1, -0.05) is 11.6 Å². The zero-order valence-corrected chi connectivity index (χ0v) is 13.7. The van der Waals surface area contributed by atoms with Crippen molar-refractivity contribution in [3.05, 3.63) is 45.1 Å². The molecule has 0 aliphatic carbocycles. The Morgan fingerprint density at radius 3 is 2.35 bits per heavy atom. The van der Waals surface area contributed by atoms with Crippen LogP contribution in [0.3, 0.4) is 0 Å². The summed E-state index contributed by atoms with van der Waals surface area (Å²) in [5.74, 6) is 1.33. The van der Waals surface area contributed by atoms with E-state index in [2.05, 4.69) is 0 Å². The summed E-state index contributed by atoms with van der Waals surface area (Å²) < 4.78 is 11.2. The number of hydrogen-bond acceptors (Lipinski definition) is 3. The molecule has 20 heavy (non-hydrogen) atoms. The average molecular weight is 331 g/mol. The highest BCUT2D eigenvalue weighted by Gasteiger charge is 2.18. The Labute approximate surface area is 133 Å². The predicted octanol–water partition coefficient (Wildman–Crippen LogP) is 5.53. The van der Waals surface area contributed by atoms with Crippen molar-refractivity contribution in [2.75, 3.05) is 13.2 Å². The molecule has 2 nitrogen and oxygen atoms in total. The van der Waals surface area contributed by atoms with Crippen molar-refractivity contribution in [1.29, 1.82) is 0 Å². The highest BCUT2D eigenvalue weighted by Crippen LogP contribution is 2.41. The molecule has 108 valence electrons. The van der Waals surface area contributed by atoms with Crippen LogP contribution in [0, 0.1) is 0 Å². The summed E-state index contributed by atoms with van der Waals surface area (Å²) in [6, 6.07) is 5.63. The Morgan fingerprint density at radius 2 is 1.80 bits per heavy atom. The van der Waals surface area contributed by atoms with Gasteiger partial charge < -0.3 is 9.47 Å². The van der Waals surface area contributed by atoms with Crippen molar-refractivity contribution >= 4 is 34.5 Å². The van der Waals surface area contributed by atoms with Crippen LogP contribution in [0.4, 0.5) is 0 Å². The van der Waals surface area contributed by atoms with E-state index in [9.17, 15) is 0 Å². The first-order valence-corrected chi connectivity index (χ1v) is 8.18. The second-order valence-electron chi connectivity index (χ2n) is 4.11. The van der Waals surface area contributed by atoms with Crippen molar-refractivity contribution in [1.82, 2.24) is 0 Å². The molecule has 0 saturated carbocycles. The largest absolute Gasteiger partial charge is 0.490 e. The molecule has 1 heterocycles. The lowest BCUT2D eigenvalue weighted by molar-refractivity contribution is 0.287. The van der Waals surface area contributed by atoms with Crippen LogP contribution >= 0.6 is 34.5 Å². The second kappa shape index (κ2) is 7.21. The first-order chi connectivity index (χ1) is 9.67. The topological polar surface area (TPSA) is 18.5 Å². The number of thiophene rings is 1. The zero-order chi connectivity index (χ0) is 14.5. The molecule has 0 bridgehead atoms. The lowest BCUT2D eigenvalue weighted by atomic mass is 10.1. The predicted molar refractivity (Wildman–Crippen MR) is 85.8 cm³/mol. The Balaban J connectivity index is 2.40. The summed E-state index contributed by atoms with van der Waals surface area (Å²) >= 11 is 14.4. The van der Waals surface area contributed by atoms with Gasteiger partial charge in [0.2, 0.25) is 0 Å². The number of alkyl halides is 1. The van der Waals surface area contributed by atoms with Gasteiger partial charge in [0.15, 0.2) is 11.5 Å². The Kier molecular flexibility index (Phi) is 5.58. The number of ether oxygens (including phenoxy) is 2. The lowest BCUT2D eigenvalue weighted by Gasteiger charge is -2.16. The molecule has 0 saturated heterocycles. The van der Waals surface area contributed by atoms with E-state index in [-0.39, 0.29) is 5.38 Å². The number of rotatable bonds is 6. The van der Waals surface area contributed by atoms with E-state index in [1.54, 1.807) is 17.4 Å². The quantitative estimate of drug-likeness (QED) is 0.648. The molecule has 2 rings (SSSR count). The second-order valence-corrected chi connectivity index (χ2v) is 5.73. The van der Waals surface area contributed by atoms with Crippen molar-refractivity contribution < 1.29 is 9.47 Å². The third kappa shape index (κ3) is 3.40. The normalized spacial score (nSPS) is 12.2. The van der Waals surface area contributed by atoms with E-state index < -0.39 is 0 Å². The molecule has 5 heteroatoms. The molecule has 0 N–H and O–H groups in total. The van der Waals surface area contributed by atoms with Gasteiger partial charge in [-0.3, -0.25) is 0 Å². The molecule has 0 spiro atoms. The molecule has 2 aromatic rings. The van der Waals surface area contributed by atoms with Gasteiger partial charge in [0.05, 0.1) is 18.6 Å². The van der Waals surface area contributed by atoms with Crippen molar-refractivity contribution in [2.24, 2.45) is 0 Å². The van der Waals surface area contributed by atoms with Crippen LogP contribution in [0.2, 0.25) is 5.02 Å². The number of hydrogen-bond donors (Lipinski definition) is 0. The summed E-state index contributed by atoms with van der Waals surface area (Å²) in [5, 5.41) is 4.31. The molecule has 0 radical (unpaired) electrons. The van der Waals surface area contributed by atoms with Crippen LogP contribution in [0.1, 0.15) is 30.4 Å². The molecule has 0 fully saturated rings. The highest BCUT2D eigenvalue weighted by atomic mass is 35.5. The van der Waals surface area contributed by atoms with Crippen molar-refractivity contribution in [2.45, 2.75) is 19.2 Å². The molecular formula is C15H16Cl2O2S. The number of benzene rings is 1. The summed E-state index contributed by atoms with van der Waals surface area (Å²) in [7, 11) is 0. The van der Waals surface area contributed by atoms with Crippen molar-refractivity contribution in [3.63, 3.8) is 0 Å². The van der Waals surface area contributed by atoms with E-state index in [0.29, 0.717) is 29.7 Å². The van der Waals surface area contributed by atoms with E-state index in [1.807, 2.05) is 36.7 Å². The van der Waals surface area contributed by atoms with E-state index in [1.165, 1.54) is 0 Å². The first kappa shape index (κ1) is 15.5. The fourth-order valence-corrected chi connectivity index (χ4v) is 3.28. The molecular weight excluding hydrogens is 315 g/mol. The standard InChI is InChI=1S/C15H16Cl2O2S/c1-3-18-13-7-11(12(16)8-14(13)19-4-2)15(17)10-5-6-20-9-10/h5-9,15H,3-4H2,1-2H3. The van der Waals surface area contributed by atoms with Crippen LogP contribution in [0.5, 0.6) is 11.5 Å². The smallest absolute Gasteiger partial charge is 0.162 e. The summed E-state index contributed by atoms with van der Waals surface area (Å²) in [4.78, 5) is 0. The Morgan fingerprint density at radius 1 is 1.15 bits per heavy atom. The fourth-order valence-electron chi connectivity index (χ4n) is 1.88. The molecule has 0 aliphatic rings. The van der Waals surface area contributed by atoms with Gasteiger partial charge in [0.25, 0.3) is 0 Å². The molecule has 1 unspecified atom stereocenters.